The van der Waals surface area contributed by atoms with Gasteiger partial charge in [0.25, 0.3) is 0 Å². The quantitative estimate of drug-likeness (QED) is 0.117. The molecule has 0 spiro atoms. The van der Waals surface area contributed by atoms with Crippen molar-refractivity contribution in [2.75, 3.05) is 26.2 Å². The maximum Gasteiger partial charge on any atom is 0.325 e. The van der Waals surface area contributed by atoms with Gasteiger partial charge in [-0.2, -0.15) is 0 Å². The summed E-state index contributed by atoms with van der Waals surface area (Å²) >= 11 is 0. The average Bonchev–Trinajstić information content (AvgIpc) is 2.71. The number of aliphatic hydroxyl groups is 1. The van der Waals surface area contributed by atoms with Gasteiger partial charge in [0.05, 0.1) is 38.7 Å². The average molecular weight is 462 g/mol. The lowest BCUT2D eigenvalue weighted by atomic mass is 10.2. The van der Waals surface area contributed by atoms with E-state index in [0.717, 1.165) is 0 Å². The molecule has 0 bridgehead atoms. The van der Waals surface area contributed by atoms with Gasteiger partial charge in [-0.3, -0.25) is 33.6 Å². The summed E-state index contributed by atoms with van der Waals surface area (Å²) in [5, 5.41) is 36.9. The van der Waals surface area contributed by atoms with Crippen molar-refractivity contribution in [1.29, 1.82) is 0 Å². The molecule has 0 rings (SSSR count). The van der Waals surface area contributed by atoms with Gasteiger partial charge in [0, 0.05) is 0 Å². The summed E-state index contributed by atoms with van der Waals surface area (Å²) in [4.78, 5) is 79.5. The molecule has 0 fully saturated rings. The van der Waals surface area contributed by atoms with Gasteiger partial charge in [0.15, 0.2) is 0 Å². The van der Waals surface area contributed by atoms with E-state index in [-0.39, 0.29) is 0 Å². The van der Waals surface area contributed by atoms with Gasteiger partial charge in [-0.25, -0.2) is 0 Å². The molecule has 0 radical (unpaired) electrons. The minimum atomic E-state index is -1.46. The second kappa shape index (κ2) is 14.3. The first kappa shape index (κ1) is 28.2. The molecule has 180 valence electrons. The monoisotopic (exact) mass is 462 g/mol. The highest BCUT2D eigenvalue weighted by atomic mass is 16.4. The third-order valence-electron chi connectivity index (χ3n) is 3.61. The van der Waals surface area contributed by atoms with Crippen LogP contribution in [-0.4, -0.2) is 101 Å². The fourth-order valence-corrected chi connectivity index (χ4v) is 1.90. The minimum Gasteiger partial charge on any atom is -0.481 e. The van der Waals surface area contributed by atoms with Crippen molar-refractivity contribution in [3.63, 3.8) is 0 Å². The zero-order valence-corrected chi connectivity index (χ0v) is 17.0. The van der Waals surface area contributed by atoms with Crippen molar-refractivity contribution in [1.82, 2.24) is 26.6 Å². The van der Waals surface area contributed by atoms with Crippen LogP contribution in [-0.2, 0) is 33.6 Å². The Balaban J connectivity index is 4.34. The molecule has 0 heterocycles. The molecule has 0 aliphatic rings. The second-order valence-electron chi connectivity index (χ2n) is 6.35. The van der Waals surface area contributed by atoms with Crippen LogP contribution in [0.4, 0.5) is 0 Å². The zero-order valence-electron chi connectivity index (χ0n) is 17.0. The van der Waals surface area contributed by atoms with Crippen LogP contribution in [0.3, 0.4) is 0 Å². The van der Waals surface area contributed by atoms with E-state index in [1.54, 1.807) is 0 Å². The highest BCUT2D eigenvalue weighted by molar-refractivity contribution is 5.93. The van der Waals surface area contributed by atoms with Gasteiger partial charge < -0.3 is 47.6 Å². The van der Waals surface area contributed by atoms with Gasteiger partial charge in [0.2, 0.25) is 29.5 Å². The summed E-state index contributed by atoms with van der Waals surface area (Å²) in [7, 11) is 0. The molecule has 32 heavy (non-hydrogen) atoms. The van der Waals surface area contributed by atoms with Crippen LogP contribution in [0.5, 0.6) is 0 Å². The number of amides is 5. The Hall–Kier alpha value is -3.79. The molecule has 16 heteroatoms. The van der Waals surface area contributed by atoms with E-state index in [2.05, 4.69) is 26.6 Å². The van der Waals surface area contributed by atoms with E-state index in [1.807, 2.05) is 0 Å². The largest absolute Gasteiger partial charge is 0.481 e. The summed E-state index contributed by atoms with van der Waals surface area (Å²) in [6, 6.07) is -4.01. The molecule has 0 unspecified atom stereocenters. The number of carbonyl (C=O) groups excluding carboxylic acids is 5. The third kappa shape index (κ3) is 12.0. The maximum absolute atomic E-state index is 11.9. The molecular formula is C16H26N6O10. The van der Waals surface area contributed by atoms with E-state index in [9.17, 15) is 38.7 Å². The second-order valence-corrected chi connectivity index (χ2v) is 6.35. The lowest BCUT2D eigenvalue weighted by Gasteiger charge is -2.17. The summed E-state index contributed by atoms with van der Waals surface area (Å²) < 4.78 is 0. The fraction of sp³-hybridized carbons (Fsp3) is 0.562. The SMILES string of the molecule is C[C@H](NC(=O)CNC(=O)[C@H](CO)NC(=O)CNC(=O)CNC(=O)[C@@H](N)CC(=O)O)C(=O)O. The predicted octanol–water partition coefficient (Wildman–Crippen LogP) is -5.80. The Kier molecular flexibility index (Phi) is 12.6. The molecule has 0 saturated heterocycles. The van der Waals surface area contributed by atoms with Crippen LogP contribution in [0.1, 0.15) is 13.3 Å². The number of hydrogen-bond donors (Lipinski definition) is 9. The standard InChI is InChI=1S/C16H26N6O10/c1-7(16(31)32)21-11(25)5-20-15(30)9(6-23)22-12(26)4-18-10(24)3-19-14(29)8(17)2-13(27)28/h7-9,23H,2-6,17H2,1H3,(H,18,24)(H,19,29)(H,20,30)(H,21,25)(H,22,26)(H,27,28)(H,31,32)/t7-,8-,9-/m0/s1. The van der Waals surface area contributed by atoms with E-state index in [4.69, 9.17) is 15.9 Å². The highest BCUT2D eigenvalue weighted by Crippen LogP contribution is 1.88. The summed E-state index contributed by atoms with van der Waals surface area (Å²) in [5.74, 6) is -6.92. The van der Waals surface area contributed by atoms with Gasteiger partial charge in [-0.1, -0.05) is 0 Å². The molecule has 0 aliphatic heterocycles. The Morgan fingerprint density at radius 1 is 0.781 bits per heavy atom. The molecule has 0 saturated carbocycles. The predicted molar refractivity (Wildman–Crippen MR) is 104 cm³/mol. The van der Waals surface area contributed by atoms with E-state index < -0.39 is 92.3 Å². The summed E-state index contributed by atoms with van der Waals surface area (Å²) in [6.07, 6.45) is -0.638. The van der Waals surface area contributed by atoms with E-state index in [0.29, 0.717) is 0 Å². The number of carboxylic acids is 2. The Bertz CT molecular complexity index is 743. The Morgan fingerprint density at radius 2 is 1.28 bits per heavy atom. The summed E-state index contributed by atoms with van der Waals surface area (Å²) in [6.45, 7) is -1.45. The van der Waals surface area contributed by atoms with Gasteiger partial charge in [-0.05, 0) is 6.92 Å². The number of aliphatic carboxylic acids is 2. The van der Waals surface area contributed by atoms with Crippen molar-refractivity contribution in [2.24, 2.45) is 5.73 Å². The van der Waals surface area contributed by atoms with Crippen molar-refractivity contribution < 1.29 is 48.9 Å². The smallest absolute Gasteiger partial charge is 0.325 e. The number of nitrogens with one attached hydrogen (secondary N) is 5. The minimum absolute atomic E-state index is 0.590. The number of nitrogens with two attached hydrogens (primary N) is 1. The molecular weight excluding hydrogens is 436 g/mol. The zero-order chi connectivity index (χ0) is 24.8. The molecule has 10 N–H and O–H groups in total. The molecule has 0 aromatic heterocycles. The number of carbonyl (C=O) groups is 7. The molecule has 5 amide bonds. The normalized spacial score (nSPS) is 13.0. The molecule has 16 nitrogen and oxygen atoms in total. The maximum atomic E-state index is 11.9. The van der Waals surface area contributed by atoms with E-state index >= 15 is 0 Å². The van der Waals surface area contributed by atoms with Gasteiger partial charge in [-0.15, -0.1) is 0 Å². The van der Waals surface area contributed by atoms with Crippen LogP contribution < -0.4 is 32.3 Å². The first-order chi connectivity index (χ1) is 14.9. The van der Waals surface area contributed by atoms with Gasteiger partial charge in [0.1, 0.15) is 12.1 Å². The number of rotatable bonds is 14. The first-order valence-corrected chi connectivity index (χ1v) is 9.09. The van der Waals surface area contributed by atoms with Crippen molar-refractivity contribution >= 4 is 41.5 Å². The van der Waals surface area contributed by atoms with Crippen molar-refractivity contribution in [3.05, 3.63) is 0 Å². The molecule has 0 aliphatic carbocycles. The first-order valence-electron chi connectivity index (χ1n) is 9.09. The highest BCUT2D eigenvalue weighted by Gasteiger charge is 2.22. The molecule has 3 atom stereocenters. The lowest BCUT2D eigenvalue weighted by molar-refractivity contribution is -0.141. The Morgan fingerprint density at radius 3 is 1.81 bits per heavy atom. The van der Waals surface area contributed by atoms with Crippen LogP contribution in [0.2, 0.25) is 0 Å². The molecule has 0 aromatic rings. The molecule has 0 aromatic carbocycles. The van der Waals surface area contributed by atoms with Crippen LogP contribution in [0.25, 0.3) is 0 Å². The fourth-order valence-electron chi connectivity index (χ4n) is 1.90. The van der Waals surface area contributed by atoms with Gasteiger partial charge >= 0.3 is 11.9 Å². The number of hydrogen-bond acceptors (Lipinski definition) is 9. The van der Waals surface area contributed by atoms with E-state index in [1.165, 1.54) is 6.92 Å². The topological polar surface area (TPSA) is 266 Å². The van der Waals surface area contributed by atoms with Crippen LogP contribution in [0, 0.1) is 0 Å². The Labute approximate surface area is 181 Å². The van der Waals surface area contributed by atoms with Crippen LogP contribution in [0.15, 0.2) is 0 Å². The number of carboxylic acid groups (broad SMARTS) is 2. The summed E-state index contributed by atoms with van der Waals surface area (Å²) in [5.41, 5.74) is 5.30. The van der Waals surface area contributed by atoms with Crippen molar-refractivity contribution in [3.8, 4) is 0 Å². The lowest BCUT2D eigenvalue weighted by Crippen LogP contribution is -2.53. The van der Waals surface area contributed by atoms with Crippen molar-refractivity contribution in [2.45, 2.75) is 31.5 Å². The third-order valence-corrected chi connectivity index (χ3v) is 3.61. The van der Waals surface area contributed by atoms with Crippen LogP contribution >= 0.6 is 0 Å². The number of aliphatic hydroxyl groups excluding tert-OH is 1.